The van der Waals surface area contributed by atoms with Gasteiger partial charge in [-0.3, -0.25) is 4.79 Å². The van der Waals surface area contributed by atoms with E-state index in [1.165, 1.54) is 6.92 Å². The second kappa shape index (κ2) is 9.13. The van der Waals surface area contributed by atoms with Gasteiger partial charge < -0.3 is 16.4 Å². The number of benzene rings is 2. The fraction of sp³-hybridized carbons (Fsp3) is 0.222. The van der Waals surface area contributed by atoms with Gasteiger partial charge in [-0.15, -0.1) is 0 Å². The standard InChI is InChI=1S/C18H19F3N4O4S/c1-11(16(26)23-10-12-6-8-13(9-7-12)24-17(22)27)25-30(28,29)15-5-3-2-4-14(15)18(19,20)21/h2-9,11,25H,10H2,1H3,(H,23,26)(H3,22,24,27). The highest BCUT2D eigenvalue weighted by Crippen LogP contribution is 2.33. The first kappa shape index (κ1) is 23.2. The van der Waals surface area contributed by atoms with E-state index in [2.05, 4.69) is 10.6 Å². The van der Waals surface area contributed by atoms with Gasteiger partial charge in [-0.25, -0.2) is 13.2 Å². The second-order valence-electron chi connectivity index (χ2n) is 6.24. The molecule has 2 rings (SSSR count). The molecule has 0 aliphatic carbocycles. The number of nitrogens with two attached hydrogens (primary N) is 1. The Hall–Kier alpha value is -3.12. The van der Waals surface area contributed by atoms with E-state index in [0.717, 1.165) is 18.2 Å². The molecule has 0 aliphatic rings. The van der Waals surface area contributed by atoms with Crippen LogP contribution < -0.4 is 21.1 Å². The van der Waals surface area contributed by atoms with Gasteiger partial charge in [0.25, 0.3) is 0 Å². The molecule has 1 atom stereocenters. The van der Waals surface area contributed by atoms with Crippen LogP contribution in [0.4, 0.5) is 23.7 Å². The average molecular weight is 444 g/mol. The van der Waals surface area contributed by atoms with Gasteiger partial charge >= 0.3 is 12.2 Å². The quantitative estimate of drug-likeness (QED) is 0.521. The summed E-state index contributed by atoms with van der Waals surface area (Å²) >= 11 is 0. The Kier molecular flexibility index (Phi) is 7.05. The molecular formula is C18H19F3N4O4S. The molecule has 0 aromatic heterocycles. The normalized spacial score (nSPS) is 12.8. The summed E-state index contributed by atoms with van der Waals surface area (Å²) in [5.74, 6) is -0.734. The lowest BCUT2D eigenvalue weighted by Gasteiger charge is -2.17. The number of carbonyl (C=O) groups excluding carboxylic acids is 2. The van der Waals surface area contributed by atoms with Crippen LogP contribution in [0.5, 0.6) is 0 Å². The molecule has 30 heavy (non-hydrogen) atoms. The van der Waals surface area contributed by atoms with Gasteiger partial charge in [0.1, 0.15) is 0 Å². The van der Waals surface area contributed by atoms with Crippen LogP contribution in [0.15, 0.2) is 53.4 Å². The van der Waals surface area contributed by atoms with E-state index in [4.69, 9.17) is 5.73 Å². The topological polar surface area (TPSA) is 130 Å². The van der Waals surface area contributed by atoms with Crippen molar-refractivity contribution in [2.75, 3.05) is 5.32 Å². The molecule has 0 spiro atoms. The maximum atomic E-state index is 13.1. The third-order valence-electron chi connectivity index (χ3n) is 3.90. The number of halogens is 3. The number of carbonyl (C=O) groups is 2. The molecule has 12 heteroatoms. The first-order chi connectivity index (χ1) is 13.9. The Morgan fingerprint density at radius 3 is 2.23 bits per heavy atom. The molecule has 0 saturated heterocycles. The smallest absolute Gasteiger partial charge is 0.351 e. The lowest BCUT2D eigenvalue weighted by atomic mass is 10.2. The Morgan fingerprint density at radius 2 is 1.67 bits per heavy atom. The Balaban J connectivity index is 2.03. The van der Waals surface area contributed by atoms with Crippen LogP contribution in [0.3, 0.4) is 0 Å². The monoisotopic (exact) mass is 444 g/mol. The number of hydrogen-bond acceptors (Lipinski definition) is 4. The van der Waals surface area contributed by atoms with E-state index in [1.54, 1.807) is 24.3 Å². The Morgan fingerprint density at radius 1 is 1.07 bits per heavy atom. The number of urea groups is 1. The highest BCUT2D eigenvalue weighted by atomic mass is 32.2. The van der Waals surface area contributed by atoms with Crippen molar-refractivity contribution in [2.45, 2.75) is 30.6 Å². The number of amides is 3. The second-order valence-corrected chi connectivity index (χ2v) is 7.92. The average Bonchev–Trinajstić information content (AvgIpc) is 2.65. The van der Waals surface area contributed by atoms with Gasteiger partial charge in [0, 0.05) is 12.2 Å². The molecule has 0 heterocycles. The number of sulfonamides is 1. The SMILES string of the molecule is CC(NS(=O)(=O)c1ccccc1C(F)(F)F)C(=O)NCc1ccc(NC(N)=O)cc1. The molecule has 162 valence electrons. The maximum absolute atomic E-state index is 13.1. The Bertz CT molecular complexity index is 1020. The number of alkyl halides is 3. The first-order valence-corrected chi connectivity index (χ1v) is 10.00. The van der Waals surface area contributed by atoms with Crippen molar-refractivity contribution in [3.05, 3.63) is 59.7 Å². The summed E-state index contributed by atoms with van der Waals surface area (Å²) in [5, 5.41) is 4.84. The summed E-state index contributed by atoms with van der Waals surface area (Å²) in [7, 11) is -4.60. The van der Waals surface area contributed by atoms with Gasteiger partial charge in [-0.1, -0.05) is 24.3 Å². The van der Waals surface area contributed by atoms with Crippen molar-refractivity contribution in [2.24, 2.45) is 5.73 Å². The predicted molar refractivity (Wildman–Crippen MR) is 103 cm³/mol. The molecular weight excluding hydrogens is 425 g/mol. The molecule has 2 aromatic rings. The third kappa shape index (κ3) is 6.19. The van der Waals surface area contributed by atoms with Crippen molar-refractivity contribution in [3.63, 3.8) is 0 Å². The number of rotatable bonds is 7. The van der Waals surface area contributed by atoms with Gasteiger partial charge in [0.2, 0.25) is 15.9 Å². The minimum Gasteiger partial charge on any atom is -0.351 e. The van der Waals surface area contributed by atoms with E-state index in [-0.39, 0.29) is 6.54 Å². The van der Waals surface area contributed by atoms with Crippen molar-refractivity contribution in [1.82, 2.24) is 10.0 Å². The first-order valence-electron chi connectivity index (χ1n) is 8.52. The highest BCUT2D eigenvalue weighted by molar-refractivity contribution is 7.89. The summed E-state index contributed by atoms with van der Waals surface area (Å²) in [6.07, 6.45) is -4.87. The summed E-state index contributed by atoms with van der Waals surface area (Å²) in [4.78, 5) is 22.0. The summed E-state index contributed by atoms with van der Waals surface area (Å²) in [6, 6.07) is 7.93. The van der Waals surface area contributed by atoms with Crippen LogP contribution in [0.2, 0.25) is 0 Å². The van der Waals surface area contributed by atoms with Crippen molar-refractivity contribution in [3.8, 4) is 0 Å². The fourth-order valence-corrected chi connectivity index (χ4v) is 3.91. The molecule has 3 amide bonds. The van der Waals surface area contributed by atoms with Gasteiger partial charge in [0.05, 0.1) is 16.5 Å². The molecule has 0 bridgehead atoms. The predicted octanol–water partition coefficient (Wildman–Crippen LogP) is 2.18. The third-order valence-corrected chi connectivity index (χ3v) is 5.49. The fourth-order valence-electron chi connectivity index (χ4n) is 2.48. The molecule has 0 saturated carbocycles. The molecule has 1 unspecified atom stereocenters. The van der Waals surface area contributed by atoms with E-state index in [1.807, 2.05) is 4.72 Å². The lowest BCUT2D eigenvalue weighted by molar-refractivity contribution is -0.139. The summed E-state index contributed by atoms with van der Waals surface area (Å²) < 4.78 is 65.9. The van der Waals surface area contributed by atoms with Crippen LogP contribution in [0.1, 0.15) is 18.1 Å². The molecule has 0 fully saturated rings. The minimum absolute atomic E-state index is 0.0287. The van der Waals surface area contributed by atoms with Crippen LogP contribution in [0.25, 0.3) is 0 Å². The molecule has 0 radical (unpaired) electrons. The summed E-state index contributed by atoms with van der Waals surface area (Å²) in [5.41, 5.74) is 4.75. The van der Waals surface area contributed by atoms with Gasteiger partial charge in [-0.05, 0) is 36.8 Å². The van der Waals surface area contributed by atoms with E-state index < -0.39 is 44.6 Å². The largest absolute Gasteiger partial charge is 0.417 e. The zero-order valence-electron chi connectivity index (χ0n) is 15.7. The van der Waals surface area contributed by atoms with Crippen LogP contribution in [-0.4, -0.2) is 26.4 Å². The van der Waals surface area contributed by atoms with Crippen LogP contribution in [0, 0.1) is 0 Å². The van der Waals surface area contributed by atoms with Crippen LogP contribution >= 0.6 is 0 Å². The number of nitrogens with one attached hydrogen (secondary N) is 3. The maximum Gasteiger partial charge on any atom is 0.417 e. The Labute approximate surface area is 170 Å². The highest BCUT2D eigenvalue weighted by Gasteiger charge is 2.37. The summed E-state index contributed by atoms with van der Waals surface area (Å²) in [6.45, 7) is 1.24. The number of hydrogen-bond donors (Lipinski definition) is 4. The molecule has 0 aliphatic heterocycles. The molecule has 5 N–H and O–H groups in total. The zero-order chi connectivity index (χ0) is 22.5. The molecule has 2 aromatic carbocycles. The number of anilines is 1. The van der Waals surface area contributed by atoms with Crippen molar-refractivity contribution in [1.29, 1.82) is 0 Å². The van der Waals surface area contributed by atoms with E-state index >= 15 is 0 Å². The van der Waals surface area contributed by atoms with Crippen LogP contribution in [-0.2, 0) is 27.5 Å². The van der Waals surface area contributed by atoms with Gasteiger partial charge in [0.15, 0.2) is 0 Å². The van der Waals surface area contributed by atoms with Gasteiger partial charge in [-0.2, -0.15) is 17.9 Å². The zero-order valence-corrected chi connectivity index (χ0v) is 16.5. The van der Waals surface area contributed by atoms with E-state index in [0.29, 0.717) is 17.3 Å². The van der Waals surface area contributed by atoms with Crippen molar-refractivity contribution < 1.29 is 31.2 Å². The number of primary amides is 1. The van der Waals surface area contributed by atoms with E-state index in [9.17, 15) is 31.2 Å². The minimum atomic E-state index is -4.87. The molecule has 8 nitrogen and oxygen atoms in total. The van der Waals surface area contributed by atoms with Crippen molar-refractivity contribution >= 4 is 27.6 Å². The lowest BCUT2D eigenvalue weighted by Crippen LogP contribution is -2.44.